The van der Waals surface area contributed by atoms with Crippen LogP contribution in [0.3, 0.4) is 0 Å². The first-order valence-corrected chi connectivity index (χ1v) is 7.42. The maximum absolute atomic E-state index is 11.0. The molecule has 96 valence electrons. The third-order valence-corrected chi connectivity index (χ3v) is 4.53. The molecule has 2 aromatic heterocycles. The van der Waals surface area contributed by atoms with E-state index in [2.05, 4.69) is 4.98 Å². The molecule has 18 heavy (non-hydrogen) atoms. The van der Waals surface area contributed by atoms with Gasteiger partial charge in [-0.3, -0.25) is 4.79 Å². The van der Waals surface area contributed by atoms with Crippen LogP contribution in [0.15, 0.2) is 21.9 Å². The Kier molecular flexibility index (Phi) is 4.08. The van der Waals surface area contributed by atoms with Crippen molar-refractivity contribution in [3.8, 4) is 10.8 Å². The van der Waals surface area contributed by atoms with Crippen molar-refractivity contribution in [2.75, 3.05) is 0 Å². The van der Waals surface area contributed by atoms with E-state index in [1.807, 2.05) is 24.4 Å². The standard InChI is InChI=1S/C12H14N2O2S2/c1-7-9(6-18-8(2)11(13)15)14-12(16-7)10-4-3-5-17-10/h3-5,8H,6H2,1-2H3,(H2,13,15)/t8-/m1/s1. The van der Waals surface area contributed by atoms with Gasteiger partial charge in [-0.2, -0.15) is 0 Å². The van der Waals surface area contributed by atoms with E-state index in [-0.39, 0.29) is 11.2 Å². The summed E-state index contributed by atoms with van der Waals surface area (Å²) >= 11 is 3.06. The SMILES string of the molecule is Cc1oc(-c2cccs2)nc1CS[C@H](C)C(N)=O. The molecule has 0 fully saturated rings. The second kappa shape index (κ2) is 5.58. The normalized spacial score (nSPS) is 12.6. The number of nitrogens with two attached hydrogens (primary N) is 1. The highest BCUT2D eigenvalue weighted by Crippen LogP contribution is 2.28. The van der Waals surface area contributed by atoms with Crippen LogP contribution in [-0.2, 0) is 10.5 Å². The van der Waals surface area contributed by atoms with E-state index in [1.165, 1.54) is 11.8 Å². The van der Waals surface area contributed by atoms with Crippen molar-refractivity contribution >= 4 is 29.0 Å². The zero-order valence-electron chi connectivity index (χ0n) is 10.2. The molecule has 1 atom stereocenters. The van der Waals surface area contributed by atoms with E-state index < -0.39 is 0 Å². The summed E-state index contributed by atoms with van der Waals surface area (Å²) in [6.45, 7) is 3.68. The smallest absolute Gasteiger partial charge is 0.236 e. The molecule has 0 saturated heterocycles. The highest BCUT2D eigenvalue weighted by molar-refractivity contribution is 7.99. The van der Waals surface area contributed by atoms with E-state index >= 15 is 0 Å². The molecular weight excluding hydrogens is 268 g/mol. The van der Waals surface area contributed by atoms with Crippen LogP contribution < -0.4 is 5.73 Å². The maximum atomic E-state index is 11.0. The van der Waals surface area contributed by atoms with Gasteiger partial charge in [-0.05, 0) is 25.3 Å². The fourth-order valence-corrected chi connectivity index (χ4v) is 2.84. The highest BCUT2D eigenvalue weighted by atomic mass is 32.2. The number of amides is 1. The lowest BCUT2D eigenvalue weighted by Crippen LogP contribution is -2.22. The fourth-order valence-electron chi connectivity index (χ4n) is 1.35. The van der Waals surface area contributed by atoms with Gasteiger partial charge in [0, 0.05) is 5.75 Å². The van der Waals surface area contributed by atoms with Crippen molar-refractivity contribution in [2.45, 2.75) is 24.9 Å². The molecule has 2 heterocycles. The first-order chi connectivity index (χ1) is 8.58. The maximum Gasteiger partial charge on any atom is 0.236 e. The Morgan fingerprint density at radius 2 is 2.44 bits per heavy atom. The number of nitrogens with zero attached hydrogens (tertiary/aromatic N) is 1. The van der Waals surface area contributed by atoms with Gasteiger partial charge in [0.05, 0.1) is 15.8 Å². The molecule has 0 saturated carbocycles. The number of oxazole rings is 1. The van der Waals surface area contributed by atoms with Crippen LogP contribution in [0.2, 0.25) is 0 Å². The summed E-state index contributed by atoms with van der Waals surface area (Å²) in [7, 11) is 0. The summed E-state index contributed by atoms with van der Waals surface area (Å²) in [5.74, 6) is 1.76. The van der Waals surface area contributed by atoms with Crippen LogP contribution in [0.25, 0.3) is 10.8 Å². The Morgan fingerprint density at radius 1 is 1.67 bits per heavy atom. The predicted molar refractivity (Wildman–Crippen MR) is 74.5 cm³/mol. The molecule has 6 heteroatoms. The third-order valence-electron chi connectivity index (χ3n) is 2.50. The topological polar surface area (TPSA) is 69.1 Å². The summed E-state index contributed by atoms with van der Waals surface area (Å²) < 4.78 is 5.62. The van der Waals surface area contributed by atoms with Crippen LogP contribution in [0.5, 0.6) is 0 Å². The molecule has 4 nitrogen and oxygen atoms in total. The predicted octanol–water partition coefficient (Wildman–Crippen LogP) is 2.82. The Hall–Kier alpha value is -1.27. The summed E-state index contributed by atoms with van der Waals surface area (Å²) in [6, 6.07) is 3.93. The van der Waals surface area contributed by atoms with Crippen molar-refractivity contribution in [3.05, 3.63) is 29.0 Å². The molecule has 0 unspecified atom stereocenters. The largest absolute Gasteiger partial charge is 0.440 e. The molecule has 1 amide bonds. The zero-order chi connectivity index (χ0) is 13.1. The summed E-state index contributed by atoms with van der Waals surface area (Å²) in [6.07, 6.45) is 0. The Morgan fingerprint density at radius 3 is 3.06 bits per heavy atom. The van der Waals surface area contributed by atoms with Gasteiger partial charge in [-0.15, -0.1) is 23.1 Å². The summed E-state index contributed by atoms with van der Waals surface area (Å²) in [5.41, 5.74) is 6.09. The number of primary amides is 1. The van der Waals surface area contributed by atoms with Crippen molar-refractivity contribution in [2.24, 2.45) is 5.73 Å². The second-order valence-corrected chi connectivity index (χ2v) is 6.13. The minimum atomic E-state index is -0.306. The molecule has 0 spiro atoms. The van der Waals surface area contributed by atoms with Gasteiger partial charge in [-0.1, -0.05) is 6.07 Å². The van der Waals surface area contributed by atoms with Crippen LogP contribution in [0.1, 0.15) is 18.4 Å². The fraction of sp³-hybridized carbons (Fsp3) is 0.333. The van der Waals surface area contributed by atoms with Crippen LogP contribution >= 0.6 is 23.1 Å². The molecule has 2 aromatic rings. The van der Waals surface area contributed by atoms with Gasteiger partial charge in [-0.25, -0.2) is 4.98 Å². The van der Waals surface area contributed by atoms with Gasteiger partial charge >= 0.3 is 0 Å². The summed E-state index contributed by atoms with van der Waals surface area (Å²) in [5, 5.41) is 1.77. The molecule has 0 bridgehead atoms. The highest BCUT2D eigenvalue weighted by Gasteiger charge is 2.15. The average molecular weight is 282 g/mol. The first-order valence-electron chi connectivity index (χ1n) is 5.49. The molecule has 0 aliphatic carbocycles. The van der Waals surface area contributed by atoms with Crippen molar-refractivity contribution in [3.63, 3.8) is 0 Å². The Balaban J connectivity index is 2.08. The zero-order valence-corrected chi connectivity index (χ0v) is 11.8. The van der Waals surface area contributed by atoms with E-state index in [9.17, 15) is 4.79 Å². The second-order valence-electron chi connectivity index (χ2n) is 3.85. The van der Waals surface area contributed by atoms with Crippen molar-refractivity contribution in [1.29, 1.82) is 0 Å². The van der Waals surface area contributed by atoms with Crippen molar-refractivity contribution in [1.82, 2.24) is 4.98 Å². The Labute approximate surface area is 114 Å². The number of hydrogen-bond donors (Lipinski definition) is 1. The third kappa shape index (κ3) is 2.94. The molecule has 2 N–H and O–H groups in total. The van der Waals surface area contributed by atoms with Gasteiger partial charge in [0.15, 0.2) is 0 Å². The number of carbonyl (C=O) groups is 1. The number of hydrogen-bond acceptors (Lipinski definition) is 5. The minimum absolute atomic E-state index is 0.216. The van der Waals surface area contributed by atoms with Crippen LogP contribution in [0, 0.1) is 6.92 Å². The molecule has 0 aliphatic rings. The molecule has 0 aliphatic heterocycles. The quantitative estimate of drug-likeness (QED) is 0.915. The summed E-state index contributed by atoms with van der Waals surface area (Å²) in [4.78, 5) is 16.4. The van der Waals surface area contributed by atoms with Gasteiger partial charge < -0.3 is 10.2 Å². The van der Waals surface area contributed by atoms with Crippen molar-refractivity contribution < 1.29 is 9.21 Å². The van der Waals surface area contributed by atoms with E-state index in [0.29, 0.717) is 11.6 Å². The van der Waals surface area contributed by atoms with Crippen LogP contribution in [0.4, 0.5) is 0 Å². The van der Waals surface area contributed by atoms with E-state index in [0.717, 1.165) is 16.3 Å². The molecule has 0 radical (unpaired) electrons. The van der Waals surface area contributed by atoms with Crippen LogP contribution in [-0.4, -0.2) is 16.1 Å². The van der Waals surface area contributed by atoms with E-state index in [1.54, 1.807) is 18.3 Å². The number of thioether (sulfide) groups is 1. The lowest BCUT2D eigenvalue weighted by atomic mass is 10.4. The number of rotatable bonds is 5. The first kappa shape index (κ1) is 13.2. The minimum Gasteiger partial charge on any atom is -0.440 e. The Bertz CT molecular complexity index is 534. The van der Waals surface area contributed by atoms with Gasteiger partial charge in [0.25, 0.3) is 0 Å². The molecular formula is C12H14N2O2S2. The average Bonchev–Trinajstić information content (AvgIpc) is 2.94. The molecule has 2 rings (SSSR count). The van der Waals surface area contributed by atoms with Gasteiger partial charge in [0.2, 0.25) is 11.8 Å². The lowest BCUT2D eigenvalue weighted by Gasteiger charge is -2.04. The molecule has 0 aromatic carbocycles. The number of aromatic nitrogens is 1. The van der Waals surface area contributed by atoms with E-state index in [4.69, 9.17) is 10.2 Å². The number of thiophene rings is 1. The monoisotopic (exact) mass is 282 g/mol. The van der Waals surface area contributed by atoms with Gasteiger partial charge in [0.1, 0.15) is 5.76 Å². The number of aryl methyl sites for hydroxylation is 1. The lowest BCUT2D eigenvalue weighted by molar-refractivity contribution is -0.117. The number of carbonyl (C=O) groups excluding carboxylic acids is 1.